The molecule has 1 N–H and O–H groups in total. The number of nitrogens with one attached hydrogen (secondary N) is 1. The monoisotopic (exact) mass is 251 g/mol. The van der Waals surface area contributed by atoms with Gasteiger partial charge in [-0.3, -0.25) is 0 Å². The predicted octanol–water partition coefficient (Wildman–Crippen LogP) is 5.22. The predicted molar refractivity (Wildman–Crippen MR) is 82.0 cm³/mol. The van der Waals surface area contributed by atoms with Gasteiger partial charge in [0.1, 0.15) is 0 Å². The third-order valence-electron chi connectivity index (χ3n) is 4.08. The lowest BCUT2D eigenvalue weighted by molar-refractivity contribution is 0.407. The summed E-state index contributed by atoms with van der Waals surface area (Å²) >= 11 is 0. The van der Waals surface area contributed by atoms with Gasteiger partial charge in [0.05, 0.1) is 0 Å². The maximum atomic E-state index is 3.76. The highest BCUT2D eigenvalue weighted by molar-refractivity contribution is 4.78. The summed E-state index contributed by atoms with van der Waals surface area (Å²) in [6, 6.07) is 0.787. The fourth-order valence-corrected chi connectivity index (χ4v) is 2.90. The molecule has 0 aromatic heterocycles. The smallest absolute Gasteiger partial charge is 0.00671 e. The van der Waals surface area contributed by atoms with E-state index in [0.717, 1.165) is 12.6 Å². The Balaban J connectivity index is 2.18. The molecule has 1 saturated carbocycles. The minimum Gasteiger partial charge on any atom is -0.314 e. The average molecular weight is 251 g/mol. The molecular formula is C17H33N. The molecule has 0 radical (unpaired) electrons. The number of allylic oxidation sites excluding steroid dienone is 1. The average Bonchev–Trinajstić information content (AvgIpc) is 2.37. The van der Waals surface area contributed by atoms with Crippen molar-refractivity contribution in [1.29, 1.82) is 0 Å². The van der Waals surface area contributed by atoms with Crippen molar-refractivity contribution in [3.8, 4) is 0 Å². The summed E-state index contributed by atoms with van der Waals surface area (Å²) < 4.78 is 0. The molecule has 0 saturated heterocycles. The van der Waals surface area contributed by atoms with Crippen LogP contribution in [-0.2, 0) is 0 Å². The molecule has 0 spiro atoms. The zero-order valence-electron chi connectivity index (χ0n) is 12.4. The van der Waals surface area contributed by atoms with Gasteiger partial charge in [-0.05, 0) is 32.7 Å². The van der Waals surface area contributed by atoms with Crippen LogP contribution in [0.5, 0.6) is 0 Å². The molecule has 1 rings (SSSR count). The first-order valence-electron chi connectivity index (χ1n) is 8.28. The number of hydrogen-bond donors (Lipinski definition) is 1. The van der Waals surface area contributed by atoms with E-state index in [1.165, 1.54) is 77.0 Å². The molecule has 0 unspecified atom stereocenters. The standard InChI is InChI=1S/C17H33N/c1-2-3-13-16-18-17-14-11-9-7-5-4-6-8-10-12-15-17/h2-3,17-18H,4-16H2,1H3/b3-2+. The molecule has 1 aliphatic carbocycles. The van der Waals surface area contributed by atoms with Crippen LogP contribution in [0.15, 0.2) is 12.2 Å². The van der Waals surface area contributed by atoms with Crippen molar-refractivity contribution in [2.45, 2.75) is 90.0 Å². The van der Waals surface area contributed by atoms with Gasteiger partial charge in [0.25, 0.3) is 0 Å². The first kappa shape index (κ1) is 15.8. The number of rotatable bonds is 4. The first-order valence-corrected chi connectivity index (χ1v) is 8.28. The van der Waals surface area contributed by atoms with Crippen LogP contribution in [0.3, 0.4) is 0 Å². The summed E-state index contributed by atoms with van der Waals surface area (Å²) in [4.78, 5) is 0. The van der Waals surface area contributed by atoms with Crippen LogP contribution < -0.4 is 5.32 Å². The molecule has 0 heterocycles. The summed E-state index contributed by atoms with van der Waals surface area (Å²) in [5, 5.41) is 3.76. The van der Waals surface area contributed by atoms with E-state index in [0.29, 0.717) is 0 Å². The largest absolute Gasteiger partial charge is 0.314 e. The fourth-order valence-electron chi connectivity index (χ4n) is 2.90. The van der Waals surface area contributed by atoms with Crippen molar-refractivity contribution < 1.29 is 0 Å². The van der Waals surface area contributed by atoms with Gasteiger partial charge in [-0.1, -0.05) is 69.9 Å². The molecule has 0 aliphatic heterocycles. The molecule has 0 amide bonds. The van der Waals surface area contributed by atoms with Crippen LogP contribution in [0.25, 0.3) is 0 Å². The summed E-state index contributed by atoms with van der Waals surface area (Å²) in [5.74, 6) is 0. The zero-order chi connectivity index (χ0) is 12.9. The summed E-state index contributed by atoms with van der Waals surface area (Å²) in [7, 11) is 0. The first-order chi connectivity index (χ1) is 8.93. The zero-order valence-corrected chi connectivity index (χ0v) is 12.4. The summed E-state index contributed by atoms with van der Waals surface area (Å²) in [6.07, 6.45) is 21.5. The van der Waals surface area contributed by atoms with Gasteiger partial charge in [-0.2, -0.15) is 0 Å². The maximum Gasteiger partial charge on any atom is 0.00671 e. The lowest BCUT2D eigenvalue weighted by Gasteiger charge is -2.19. The Hall–Kier alpha value is -0.300. The van der Waals surface area contributed by atoms with E-state index in [4.69, 9.17) is 0 Å². The second kappa shape index (κ2) is 11.8. The summed E-state index contributed by atoms with van der Waals surface area (Å²) in [5.41, 5.74) is 0. The Kier molecular flexibility index (Phi) is 10.3. The molecule has 1 fully saturated rings. The second-order valence-electron chi connectivity index (χ2n) is 5.77. The fraction of sp³-hybridized carbons (Fsp3) is 0.882. The Morgan fingerprint density at radius 1 is 0.833 bits per heavy atom. The van der Waals surface area contributed by atoms with Gasteiger partial charge in [0.2, 0.25) is 0 Å². The quantitative estimate of drug-likeness (QED) is 0.534. The van der Waals surface area contributed by atoms with Gasteiger partial charge in [0.15, 0.2) is 0 Å². The van der Waals surface area contributed by atoms with E-state index in [9.17, 15) is 0 Å². The molecular weight excluding hydrogens is 218 g/mol. The molecule has 0 atom stereocenters. The second-order valence-corrected chi connectivity index (χ2v) is 5.77. The maximum absolute atomic E-state index is 3.76. The lowest BCUT2D eigenvalue weighted by Crippen LogP contribution is -2.29. The Morgan fingerprint density at radius 2 is 1.33 bits per heavy atom. The van der Waals surface area contributed by atoms with Crippen molar-refractivity contribution in [2.75, 3.05) is 6.54 Å². The van der Waals surface area contributed by atoms with Crippen molar-refractivity contribution in [3.05, 3.63) is 12.2 Å². The molecule has 0 aromatic carbocycles. The van der Waals surface area contributed by atoms with E-state index in [1.807, 2.05) is 0 Å². The highest BCUT2D eigenvalue weighted by atomic mass is 14.9. The molecule has 0 aromatic rings. The molecule has 0 bridgehead atoms. The van der Waals surface area contributed by atoms with Crippen LogP contribution in [0, 0.1) is 0 Å². The third-order valence-corrected chi connectivity index (χ3v) is 4.08. The SMILES string of the molecule is C/C=C/CCNC1CCCCCCCCCCC1. The van der Waals surface area contributed by atoms with Gasteiger partial charge < -0.3 is 5.32 Å². The van der Waals surface area contributed by atoms with Crippen LogP contribution in [0.2, 0.25) is 0 Å². The molecule has 1 nitrogen and oxygen atoms in total. The van der Waals surface area contributed by atoms with Gasteiger partial charge in [0, 0.05) is 6.04 Å². The van der Waals surface area contributed by atoms with E-state index >= 15 is 0 Å². The van der Waals surface area contributed by atoms with Gasteiger partial charge in [-0.15, -0.1) is 0 Å². The highest BCUT2D eigenvalue weighted by Crippen LogP contribution is 2.16. The van der Waals surface area contributed by atoms with Crippen molar-refractivity contribution in [1.82, 2.24) is 5.32 Å². The van der Waals surface area contributed by atoms with Gasteiger partial charge in [-0.25, -0.2) is 0 Å². The van der Waals surface area contributed by atoms with Crippen LogP contribution in [0.4, 0.5) is 0 Å². The minimum absolute atomic E-state index is 0.787. The summed E-state index contributed by atoms with van der Waals surface area (Å²) in [6.45, 7) is 3.27. The van der Waals surface area contributed by atoms with Gasteiger partial charge >= 0.3 is 0 Å². The normalized spacial score (nSPS) is 21.6. The number of hydrogen-bond acceptors (Lipinski definition) is 1. The van der Waals surface area contributed by atoms with Crippen LogP contribution >= 0.6 is 0 Å². The van der Waals surface area contributed by atoms with E-state index in [-0.39, 0.29) is 0 Å². The van der Waals surface area contributed by atoms with E-state index < -0.39 is 0 Å². The highest BCUT2D eigenvalue weighted by Gasteiger charge is 2.08. The van der Waals surface area contributed by atoms with E-state index in [1.54, 1.807) is 0 Å². The van der Waals surface area contributed by atoms with E-state index in [2.05, 4.69) is 24.4 Å². The molecule has 1 heteroatoms. The minimum atomic E-state index is 0.787. The van der Waals surface area contributed by atoms with Crippen LogP contribution in [0.1, 0.15) is 84.0 Å². The molecule has 18 heavy (non-hydrogen) atoms. The topological polar surface area (TPSA) is 12.0 Å². The van der Waals surface area contributed by atoms with Crippen molar-refractivity contribution >= 4 is 0 Å². The third kappa shape index (κ3) is 8.74. The van der Waals surface area contributed by atoms with Crippen LogP contribution in [-0.4, -0.2) is 12.6 Å². The Bertz CT molecular complexity index is 186. The Morgan fingerprint density at radius 3 is 1.83 bits per heavy atom. The lowest BCUT2D eigenvalue weighted by atomic mass is 9.98. The Labute approximate surface area is 114 Å². The van der Waals surface area contributed by atoms with Crippen molar-refractivity contribution in [3.63, 3.8) is 0 Å². The molecule has 106 valence electrons. The molecule has 1 aliphatic rings. The van der Waals surface area contributed by atoms with Crippen molar-refractivity contribution in [2.24, 2.45) is 0 Å².